The Kier molecular flexibility index (Phi) is 10.3. The molecule has 2 saturated heterocycles. The molecule has 0 bridgehead atoms. The molecule has 2 heterocycles. The largest absolute Gasteiger partial charge is 0.482 e. The highest BCUT2D eigenvalue weighted by Gasteiger charge is 2.41. The number of rotatable bonds is 9. The van der Waals surface area contributed by atoms with Gasteiger partial charge in [-0.1, -0.05) is 60.0 Å². The van der Waals surface area contributed by atoms with Crippen molar-refractivity contribution in [2.75, 3.05) is 44.2 Å². The summed E-state index contributed by atoms with van der Waals surface area (Å²) in [5.74, 6) is 0.169. The standard InChI is InChI=1S/C36H40Cl2N4O3/c37-29-15-11-27(12-16-29)25-42-32-7-1-2-8-33(32)45-34(36(42)44)23-26-9-13-28(14-10-26)35(43)39-17-4-18-40-19-21-41(22-20-40)31-6-3-5-30(38)24-31/h3,5-6,9-16,23-24,32-33H,1-2,4,7-8,17-22,25H2,(H,39,43)/b34-23-. The molecule has 1 aliphatic carbocycles. The average molecular weight is 648 g/mol. The van der Waals surface area contributed by atoms with Crippen LogP contribution in [0.5, 0.6) is 0 Å². The van der Waals surface area contributed by atoms with Crippen LogP contribution in [-0.2, 0) is 16.1 Å². The zero-order valence-electron chi connectivity index (χ0n) is 25.5. The number of carbonyl (C=O) groups excluding carboxylic acids is 2. The summed E-state index contributed by atoms with van der Waals surface area (Å²) in [6.45, 7) is 6.00. The van der Waals surface area contributed by atoms with Crippen molar-refractivity contribution in [2.24, 2.45) is 0 Å². The highest BCUT2D eigenvalue weighted by Crippen LogP contribution is 2.34. The molecule has 2 aliphatic heterocycles. The molecule has 2 unspecified atom stereocenters. The number of halogens is 2. The van der Waals surface area contributed by atoms with Crippen LogP contribution in [0.3, 0.4) is 0 Å². The van der Waals surface area contributed by atoms with Crippen LogP contribution in [0.1, 0.15) is 53.6 Å². The molecule has 0 spiro atoms. The Morgan fingerprint density at radius 2 is 1.67 bits per heavy atom. The Bertz CT molecular complexity index is 1500. The predicted octanol–water partition coefficient (Wildman–Crippen LogP) is 6.65. The molecule has 2 amide bonds. The van der Waals surface area contributed by atoms with Gasteiger partial charge < -0.3 is 19.9 Å². The Hall–Kier alpha value is -3.52. The van der Waals surface area contributed by atoms with Crippen LogP contribution in [0, 0.1) is 0 Å². The summed E-state index contributed by atoms with van der Waals surface area (Å²) in [5.41, 5.74) is 3.64. The minimum absolute atomic E-state index is 0.00751. The number of morpholine rings is 1. The number of hydrogen-bond donors (Lipinski definition) is 1. The summed E-state index contributed by atoms with van der Waals surface area (Å²) < 4.78 is 6.28. The molecule has 0 aromatic heterocycles. The number of benzene rings is 3. The lowest BCUT2D eigenvalue weighted by molar-refractivity contribution is -0.149. The number of ether oxygens (including phenoxy) is 1. The first-order valence-electron chi connectivity index (χ1n) is 16.0. The number of nitrogens with zero attached hydrogens (tertiary/aromatic N) is 3. The van der Waals surface area contributed by atoms with Gasteiger partial charge >= 0.3 is 0 Å². The summed E-state index contributed by atoms with van der Waals surface area (Å²) >= 11 is 12.2. The molecule has 3 aromatic rings. The highest BCUT2D eigenvalue weighted by molar-refractivity contribution is 6.31. The third-order valence-corrected chi connectivity index (χ3v) is 9.52. The quantitative estimate of drug-likeness (QED) is 0.208. The highest BCUT2D eigenvalue weighted by atomic mass is 35.5. The number of fused-ring (bicyclic) bond motifs is 1. The van der Waals surface area contributed by atoms with E-state index in [0.717, 1.165) is 81.0 Å². The average Bonchev–Trinajstić information content (AvgIpc) is 3.06. The third kappa shape index (κ3) is 8.01. The Balaban J connectivity index is 0.992. The first kappa shape index (κ1) is 31.5. The van der Waals surface area contributed by atoms with Crippen LogP contribution in [-0.4, -0.2) is 73.0 Å². The van der Waals surface area contributed by atoms with Gasteiger partial charge in [-0.3, -0.25) is 14.5 Å². The Labute approximate surface area is 275 Å². The molecule has 1 saturated carbocycles. The molecule has 236 valence electrons. The first-order valence-corrected chi connectivity index (χ1v) is 16.7. The molecule has 0 radical (unpaired) electrons. The maximum absolute atomic E-state index is 13.6. The van der Waals surface area contributed by atoms with E-state index in [1.54, 1.807) is 18.2 Å². The zero-order valence-corrected chi connectivity index (χ0v) is 27.0. The number of nitrogens with one attached hydrogen (secondary N) is 1. The van der Waals surface area contributed by atoms with Gasteiger partial charge in [-0.05, 0) is 91.9 Å². The topological polar surface area (TPSA) is 65.1 Å². The van der Waals surface area contributed by atoms with Crippen molar-refractivity contribution < 1.29 is 14.3 Å². The van der Waals surface area contributed by atoms with Crippen molar-refractivity contribution in [2.45, 2.75) is 50.8 Å². The van der Waals surface area contributed by atoms with Crippen molar-refractivity contribution in [1.82, 2.24) is 15.1 Å². The van der Waals surface area contributed by atoms with Crippen LogP contribution in [0.25, 0.3) is 6.08 Å². The normalized spacial score (nSPS) is 21.4. The molecule has 9 heteroatoms. The van der Waals surface area contributed by atoms with E-state index < -0.39 is 0 Å². The molecular weight excluding hydrogens is 607 g/mol. The lowest BCUT2D eigenvalue weighted by atomic mass is 9.89. The maximum atomic E-state index is 13.6. The third-order valence-electron chi connectivity index (χ3n) is 9.04. The molecule has 6 rings (SSSR count). The lowest BCUT2D eigenvalue weighted by Gasteiger charge is -2.44. The summed E-state index contributed by atoms with van der Waals surface area (Å²) in [6.07, 6.45) is 6.76. The van der Waals surface area contributed by atoms with Gasteiger partial charge in [0.25, 0.3) is 11.8 Å². The van der Waals surface area contributed by atoms with E-state index in [4.69, 9.17) is 27.9 Å². The van der Waals surface area contributed by atoms with Crippen molar-refractivity contribution in [3.8, 4) is 0 Å². The van der Waals surface area contributed by atoms with E-state index in [2.05, 4.69) is 21.2 Å². The number of anilines is 1. The molecule has 3 aliphatic rings. The van der Waals surface area contributed by atoms with E-state index >= 15 is 0 Å². The van der Waals surface area contributed by atoms with Gasteiger partial charge in [0.1, 0.15) is 6.10 Å². The monoisotopic (exact) mass is 646 g/mol. The maximum Gasteiger partial charge on any atom is 0.289 e. The van der Waals surface area contributed by atoms with Crippen molar-refractivity contribution >= 4 is 46.8 Å². The molecule has 7 nitrogen and oxygen atoms in total. The lowest BCUT2D eigenvalue weighted by Crippen LogP contribution is -2.54. The summed E-state index contributed by atoms with van der Waals surface area (Å²) in [5, 5.41) is 4.50. The van der Waals surface area contributed by atoms with Gasteiger partial charge in [0.05, 0.1) is 6.04 Å². The minimum Gasteiger partial charge on any atom is -0.482 e. The molecular formula is C36H40Cl2N4O3. The van der Waals surface area contributed by atoms with Crippen LogP contribution in [0.15, 0.2) is 78.6 Å². The van der Waals surface area contributed by atoms with Crippen LogP contribution in [0.2, 0.25) is 10.0 Å². The van der Waals surface area contributed by atoms with Gasteiger partial charge in [-0.25, -0.2) is 0 Å². The van der Waals surface area contributed by atoms with E-state index in [-0.39, 0.29) is 24.0 Å². The van der Waals surface area contributed by atoms with Crippen LogP contribution in [0.4, 0.5) is 5.69 Å². The summed E-state index contributed by atoms with van der Waals surface area (Å²) in [4.78, 5) is 33.2. The second kappa shape index (κ2) is 14.7. The number of piperazine rings is 1. The molecule has 45 heavy (non-hydrogen) atoms. The van der Waals surface area contributed by atoms with E-state index in [1.165, 1.54) is 5.69 Å². The van der Waals surface area contributed by atoms with Gasteiger partial charge in [0.2, 0.25) is 0 Å². The van der Waals surface area contributed by atoms with Gasteiger partial charge in [-0.2, -0.15) is 0 Å². The smallest absolute Gasteiger partial charge is 0.289 e. The van der Waals surface area contributed by atoms with Crippen molar-refractivity contribution in [3.63, 3.8) is 0 Å². The molecule has 3 aromatic carbocycles. The number of carbonyl (C=O) groups is 2. The molecule has 3 fully saturated rings. The second-order valence-corrected chi connectivity index (χ2v) is 13.0. The second-order valence-electron chi connectivity index (χ2n) is 12.1. The van der Waals surface area contributed by atoms with Crippen LogP contribution >= 0.6 is 23.2 Å². The Morgan fingerprint density at radius 3 is 2.42 bits per heavy atom. The van der Waals surface area contributed by atoms with Crippen molar-refractivity contribution in [1.29, 1.82) is 0 Å². The predicted molar refractivity (Wildman–Crippen MR) is 181 cm³/mol. The summed E-state index contributed by atoms with van der Waals surface area (Å²) in [7, 11) is 0. The fraction of sp³-hybridized carbons (Fsp3) is 0.389. The van der Waals surface area contributed by atoms with Gasteiger partial charge in [0, 0.05) is 60.6 Å². The Morgan fingerprint density at radius 1 is 0.911 bits per heavy atom. The van der Waals surface area contributed by atoms with Crippen molar-refractivity contribution in [3.05, 3.63) is 105 Å². The first-order chi connectivity index (χ1) is 21.9. The number of amides is 2. The van der Waals surface area contributed by atoms with Crippen LogP contribution < -0.4 is 10.2 Å². The van der Waals surface area contributed by atoms with Gasteiger partial charge in [-0.15, -0.1) is 0 Å². The molecule has 2 atom stereocenters. The fourth-order valence-electron chi connectivity index (χ4n) is 6.54. The molecule has 1 N–H and O–H groups in total. The SMILES string of the molecule is O=C(NCCCN1CCN(c2cccc(Cl)c2)CC1)c1ccc(/C=C2\OC3CCCCC3N(Cc3ccc(Cl)cc3)C2=O)cc1. The zero-order chi connectivity index (χ0) is 31.2. The van der Waals surface area contributed by atoms with E-state index in [0.29, 0.717) is 29.4 Å². The minimum atomic E-state index is -0.0965. The van der Waals surface area contributed by atoms with Gasteiger partial charge in [0.15, 0.2) is 5.76 Å². The fourth-order valence-corrected chi connectivity index (χ4v) is 6.85. The number of hydrogen-bond acceptors (Lipinski definition) is 5. The van der Waals surface area contributed by atoms with E-state index in [1.807, 2.05) is 59.5 Å². The van der Waals surface area contributed by atoms with E-state index in [9.17, 15) is 9.59 Å². The summed E-state index contributed by atoms with van der Waals surface area (Å²) in [6, 6.07) is 23.1.